The number of hydrogen-bond donors (Lipinski definition) is 2. The van der Waals surface area contributed by atoms with E-state index in [-0.39, 0.29) is 11.8 Å². The lowest BCUT2D eigenvalue weighted by atomic mass is 9.96. The van der Waals surface area contributed by atoms with Crippen molar-refractivity contribution >= 4 is 27.9 Å². The Kier molecular flexibility index (Phi) is 4.01. The molecule has 1 saturated carbocycles. The summed E-state index contributed by atoms with van der Waals surface area (Å²) >= 11 is 3.40. The van der Waals surface area contributed by atoms with E-state index in [4.69, 9.17) is 5.73 Å². The molecule has 1 aliphatic rings. The van der Waals surface area contributed by atoms with Crippen molar-refractivity contribution in [3.63, 3.8) is 0 Å². The van der Waals surface area contributed by atoms with Crippen LogP contribution in [0.1, 0.15) is 30.7 Å². The molecule has 0 aliphatic heterocycles. The fourth-order valence-corrected chi connectivity index (χ4v) is 2.75. The first-order valence-electron chi connectivity index (χ1n) is 5.92. The number of urea groups is 1. The minimum atomic E-state index is -0.771. The Labute approximate surface area is 114 Å². The molecule has 3 N–H and O–H groups in total. The Morgan fingerprint density at radius 2 is 1.89 bits per heavy atom. The van der Waals surface area contributed by atoms with E-state index in [2.05, 4.69) is 33.4 Å². The molecule has 1 fully saturated rings. The van der Waals surface area contributed by atoms with Crippen LogP contribution in [0.25, 0.3) is 0 Å². The molecule has 96 valence electrons. The van der Waals surface area contributed by atoms with Crippen LogP contribution in [-0.2, 0) is 4.79 Å². The van der Waals surface area contributed by atoms with Crippen LogP contribution >= 0.6 is 15.9 Å². The van der Waals surface area contributed by atoms with Crippen LogP contribution < -0.4 is 11.1 Å². The number of halogens is 1. The molecular formula is C13H15BrN2O2. The van der Waals surface area contributed by atoms with E-state index in [0.717, 1.165) is 23.7 Å². The highest BCUT2D eigenvalue weighted by molar-refractivity contribution is 9.10. The molecule has 1 aromatic carbocycles. The summed E-state index contributed by atoms with van der Waals surface area (Å²) in [5.74, 6) is 0.0370. The van der Waals surface area contributed by atoms with Gasteiger partial charge in [-0.2, -0.15) is 0 Å². The van der Waals surface area contributed by atoms with E-state index in [0.29, 0.717) is 5.92 Å². The van der Waals surface area contributed by atoms with Crippen LogP contribution in [0.3, 0.4) is 0 Å². The molecule has 2 atom stereocenters. The largest absolute Gasteiger partial charge is 0.351 e. The summed E-state index contributed by atoms with van der Waals surface area (Å²) in [7, 11) is 0. The highest BCUT2D eigenvalue weighted by Crippen LogP contribution is 2.38. The van der Waals surface area contributed by atoms with Crippen molar-refractivity contribution in [2.24, 2.45) is 11.7 Å². The van der Waals surface area contributed by atoms with Gasteiger partial charge in [-0.25, -0.2) is 4.79 Å². The molecule has 1 aromatic rings. The third kappa shape index (κ3) is 3.10. The van der Waals surface area contributed by atoms with Crippen LogP contribution in [-0.4, -0.2) is 11.9 Å². The van der Waals surface area contributed by atoms with E-state index in [9.17, 15) is 9.59 Å². The van der Waals surface area contributed by atoms with Gasteiger partial charge in [-0.1, -0.05) is 28.1 Å². The van der Waals surface area contributed by atoms with E-state index >= 15 is 0 Å². The van der Waals surface area contributed by atoms with Gasteiger partial charge in [0.25, 0.3) is 0 Å². The molecule has 0 spiro atoms. The van der Waals surface area contributed by atoms with E-state index in [1.807, 2.05) is 12.1 Å². The highest BCUT2D eigenvalue weighted by atomic mass is 79.9. The number of hydrogen-bond acceptors (Lipinski definition) is 2. The van der Waals surface area contributed by atoms with Crippen LogP contribution in [0.5, 0.6) is 0 Å². The van der Waals surface area contributed by atoms with Crippen molar-refractivity contribution in [1.29, 1.82) is 0 Å². The number of nitrogens with one attached hydrogen (secondary N) is 1. The average Bonchev–Trinajstić information content (AvgIpc) is 2.78. The number of benzene rings is 1. The molecule has 0 saturated heterocycles. The third-order valence-corrected chi connectivity index (χ3v) is 3.92. The van der Waals surface area contributed by atoms with Crippen LogP contribution in [0, 0.1) is 5.92 Å². The highest BCUT2D eigenvalue weighted by Gasteiger charge is 2.31. The second-order valence-electron chi connectivity index (χ2n) is 4.61. The maximum Gasteiger partial charge on any atom is 0.318 e. The zero-order valence-corrected chi connectivity index (χ0v) is 11.4. The van der Waals surface area contributed by atoms with E-state index in [1.54, 1.807) is 0 Å². The summed E-state index contributed by atoms with van der Waals surface area (Å²) in [5, 5.41) is 2.16. The van der Waals surface area contributed by atoms with Crippen molar-refractivity contribution < 1.29 is 9.59 Å². The standard InChI is InChI=1S/C13H15BrN2O2/c14-11-5-3-8(4-6-11)9-1-2-10(7-9)12(17)16-13(15)18/h3-6,9-10H,1-2,7H2,(H3,15,16,17,18)/t9-,10?/m0/s1. The Morgan fingerprint density at radius 1 is 1.22 bits per heavy atom. The molecule has 3 amide bonds. The maximum absolute atomic E-state index is 11.7. The first kappa shape index (κ1) is 13.1. The fourth-order valence-electron chi connectivity index (χ4n) is 2.48. The minimum absolute atomic E-state index is 0.105. The molecule has 2 rings (SSSR count). The topological polar surface area (TPSA) is 72.2 Å². The molecule has 1 unspecified atom stereocenters. The Hall–Kier alpha value is -1.36. The summed E-state index contributed by atoms with van der Waals surface area (Å²) in [6.07, 6.45) is 2.55. The molecule has 5 heteroatoms. The SMILES string of the molecule is NC(=O)NC(=O)C1CC[C@H](c2ccc(Br)cc2)C1. The Balaban J connectivity index is 1.98. The van der Waals surface area contributed by atoms with Crippen LogP contribution in [0.2, 0.25) is 0 Å². The molecule has 0 aromatic heterocycles. The van der Waals surface area contributed by atoms with Crippen molar-refractivity contribution in [2.75, 3.05) is 0 Å². The number of rotatable bonds is 2. The first-order chi connectivity index (χ1) is 8.56. The Morgan fingerprint density at radius 3 is 2.50 bits per heavy atom. The molecule has 0 radical (unpaired) electrons. The maximum atomic E-state index is 11.7. The molecule has 18 heavy (non-hydrogen) atoms. The summed E-state index contributed by atoms with van der Waals surface area (Å²) in [6.45, 7) is 0. The monoisotopic (exact) mass is 310 g/mol. The number of carbonyl (C=O) groups is 2. The van der Waals surface area contributed by atoms with Gasteiger partial charge in [-0.3, -0.25) is 10.1 Å². The summed E-state index contributed by atoms with van der Waals surface area (Å²) < 4.78 is 1.05. The van der Waals surface area contributed by atoms with E-state index < -0.39 is 6.03 Å². The average molecular weight is 311 g/mol. The number of carbonyl (C=O) groups excluding carboxylic acids is 2. The normalized spacial score (nSPS) is 22.7. The van der Waals surface area contributed by atoms with Crippen LogP contribution in [0.15, 0.2) is 28.7 Å². The van der Waals surface area contributed by atoms with Gasteiger partial charge < -0.3 is 5.73 Å². The molecular weight excluding hydrogens is 296 g/mol. The number of imide groups is 1. The van der Waals surface area contributed by atoms with Gasteiger partial charge >= 0.3 is 6.03 Å². The van der Waals surface area contributed by atoms with Crippen molar-refractivity contribution in [3.8, 4) is 0 Å². The molecule has 0 bridgehead atoms. The predicted octanol–water partition coefficient (Wildman–Crippen LogP) is 2.53. The van der Waals surface area contributed by atoms with Crippen LogP contribution in [0.4, 0.5) is 4.79 Å². The van der Waals surface area contributed by atoms with Gasteiger partial charge in [-0.15, -0.1) is 0 Å². The van der Waals surface area contributed by atoms with Gasteiger partial charge in [-0.05, 0) is 42.9 Å². The number of amides is 3. The second kappa shape index (κ2) is 5.52. The Bertz CT molecular complexity index is 459. The first-order valence-corrected chi connectivity index (χ1v) is 6.71. The third-order valence-electron chi connectivity index (χ3n) is 3.39. The zero-order valence-electron chi connectivity index (χ0n) is 9.86. The predicted molar refractivity (Wildman–Crippen MR) is 72.0 cm³/mol. The lowest BCUT2D eigenvalue weighted by molar-refractivity contribution is -0.123. The van der Waals surface area contributed by atoms with Crippen molar-refractivity contribution in [1.82, 2.24) is 5.32 Å². The second-order valence-corrected chi connectivity index (χ2v) is 5.53. The van der Waals surface area contributed by atoms with Gasteiger partial charge in [0, 0.05) is 10.4 Å². The van der Waals surface area contributed by atoms with Gasteiger partial charge in [0.1, 0.15) is 0 Å². The molecule has 0 heterocycles. The summed E-state index contributed by atoms with van der Waals surface area (Å²) in [6, 6.07) is 7.39. The molecule has 1 aliphatic carbocycles. The minimum Gasteiger partial charge on any atom is -0.351 e. The fraction of sp³-hybridized carbons (Fsp3) is 0.385. The number of nitrogens with two attached hydrogens (primary N) is 1. The zero-order chi connectivity index (χ0) is 13.1. The lowest BCUT2D eigenvalue weighted by Crippen LogP contribution is -2.38. The lowest BCUT2D eigenvalue weighted by Gasteiger charge is -2.11. The van der Waals surface area contributed by atoms with Gasteiger partial charge in [0.2, 0.25) is 5.91 Å². The van der Waals surface area contributed by atoms with Gasteiger partial charge in [0.15, 0.2) is 0 Å². The van der Waals surface area contributed by atoms with Gasteiger partial charge in [0.05, 0.1) is 0 Å². The quantitative estimate of drug-likeness (QED) is 0.881. The summed E-state index contributed by atoms with van der Waals surface area (Å²) in [4.78, 5) is 22.3. The van der Waals surface area contributed by atoms with Crippen molar-refractivity contribution in [2.45, 2.75) is 25.2 Å². The molecule has 4 nitrogen and oxygen atoms in total. The van der Waals surface area contributed by atoms with E-state index in [1.165, 1.54) is 5.56 Å². The smallest absolute Gasteiger partial charge is 0.318 e. The van der Waals surface area contributed by atoms with Crippen molar-refractivity contribution in [3.05, 3.63) is 34.3 Å². The summed E-state index contributed by atoms with van der Waals surface area (Å²) in [5.41, 5.74) is 6.19. The number of primary amides is 1.